The number of aryl methyl sites for hydroxylation is 2. The molecule has 0 unspecified atom stereocenters. The molecular formula is C19H12ClF3N4O2S. The van der Waals surface area contributed by atoms with Crippen molar-refractivity contribution in [1.82, 2.24) is 14.8 Å². The molecule has 11 heteroatoms. The van der Waals surface area contributed by atoms with Crippen molar-refractivity contribution in [2.75, 3.05) is 0 Å². The maximum atomic E-state index is 12.8. The maximum absolute atomic E-state index is 12.8. The minimum atomic E-state index is -4.61. The van der Waals surface area contributed by atoms with E-state index in [1.165, 1.54) is 7.05 Å². The fourth-order valence-corrected chi connectivity index (χ4v) is 3.94. The molecule has 30 heavy (non-hydrogen) atoms. The number of rotatable bonds is 3. The molecule has 1 aliphatic heterocycles. The molecule has 2 aromatic carbocycles. The zero-order valence-corrected chi connectivity index (χ0v) is 17.1. The number of benzene rings is 2. The highest BCUT2D eigenvalue weighted by molar-refractivity contribution is 7.99. The lowest BCUT2D eigenvalue weighted by molar-refractivity contribution is -0.145. The van der Waals surface area contributed by atoms with Crippen molar-refractivity contribution in [3.63, 3.8) is 0 Å². The van der Waals surface area contributed by atoms with Crippen LogP contribution in [0.4, 0.5) is 18.9 Å². The Kier molecular flexibility index (Phi) is 5.07. The number of alkyl halides is 3. The van der Waals surface area contributed by atoms with Gasteiger partial charge < -0.3 is 4.74 Å². The molecule has 2 heterocycles. The van der Waals surface area contributed by atoms with Crippen molar-refractivity contribution in [2.45, 2.75) is 23.2 Å². The molecular weight excluding hydrogens is 441 g/mol. The number of ether oxygens (including phenoxy) is 1. The van der Waals surface area contributed by atoms with Crippen molar-refractivity contribution in [2.24, 2.45) is 12.0 Å². The van der Waals surface area contributed by atoms with E-state index in [0.29, 0.717) is 16.1 Å². The van der Waals surface area contributed by atoms with Gasteiger partial charge in [0.25, 0.3) is 5.82 Å². The summed E-state index contributed by atoms with van der Waals surface area (Å²) in [6.07, 6.45) is -4.61. The summed E-state index contributed by atoms with van der Waals surface area (Å²) in [5.74, 6) is -1.61. The van der Waals surface area contributed by atoms with E-state index in [-0.39, 0.29) is 21.6 Å². The van der Waals surface area contributed by atoms with E-state index in [9.17, 15) is 18.0 Å². The molecule has 0 amide bonds. The minimum Gasteiger partial charge on any atom is -0.403 e. The zero-order valence-electron chi connectivity index (χ0n) is 15.5. The van der Waals surface area contributed by atoms with Gasteiger partial charge in [-0.25, -0.2) is 14.5 Å². The van der Waals surface area contributed by atoms with Crippen molar-refractivity contribution >= 4 is 40.9 Å². The van der Waals surface area contributed by atoms with E-state index >= 15 is 0 Å². The van der Waals surface area contributed by atoms with Crippen LogP contribution in [0.2, 0.25) is 5.02 Å². The molecule has 0 aliphatic carbocycles. The van der Waals surface area contributed by atoms with Crippen LogP contribution < -0.4 is 0 Å². The Bertz CT molecular complexity index is 1210. The van der Waals surface area contributed by atoms with Gasteiger partial charge in [-0.15, -0.1) is 5.10 Å². The number of fused-ring (bicyclic) bond motifs is 1. The monoisotopic (exact) mass is 452 g/mol. The van der Waals surface area contributed by atoms with Crippen molar-refractivity contribution in [3.05, 3.63) is 63.9 Å². The molecule has 0 bridgehead atoms. The lowest BCUT2D eigenvalue weighted by atomic mass is 10.1. The van der Waals surface area contributed by atoms with Crippen LogP contribution in [0.3, 0.4) is 0 Å². The van der Waals surface area contributed by atoms with Crippen LogP contribution in [0.15, 0.2) is 51.4 Å². The number of carbonyl (C=O) groups excluding carboxylic acids is 1. The molecule has 0 fully saturated rings. The highest BCUT2D eigenvalue weighted by atomic mass is 35.5. The largest absolute Gasteiger partial charge is 0.453 e. The third-order valence-electron chi connectivity index (χ3n) is 4.21. The quantitative estimate of drug-likeness (QED) is 0.511. The van der Waals surface area contributed by atoms with Gasteiger partial charge in [-0.2, -0.15) is 18.2 Å². The number of carbonyl (C=O) groups is 1. The minimum absolute atomic E-state index is 0.106. The number of aromatic nitrogens is 3. The first-order valence-electron chi connectivity index (χ1n) is 8.50. The van der Waals surface area contributed by atoms with Crippen LogP contribution in [0, 0.1) is 6.92 Å². The van der Waals surface area contributed by atoms with E-state index in [4.69, 9.17) is 16.3 Å². The smallest absolute Gasteiger partial charge is 0.403 e. The molecule has 154 valence electrons. The third-order valence-corrected chi connectivity index (χ3v) is 5.56. The van der Waals surface area contributed by atoms with Crippen molar-refractivity contribution in [1.29, 1.82) is 0 Å². The summed E-state index contributed by atoms with van der Waals surface area (Å²) in [5, 5.41) is 3.79. The predicted molar refractivity (Wildman–Crippen MR) is 104 cm³/mol. The molecule has 0 radical (unpaired) electrons. The van der Waals surface area contributed by atoms with E-state index in [1.807, 2.05) is 0 Å². The van der Waals surface area contributed by atoms with Gasteiger partial charge in [0.2, 0.25) is 5.90 Å². The lowest BCUT2D eigenvalue weighted by Crippen LogP contribution is -2.08. The van der Waals surface area contributed by atoms with Gasteiger partial charge >= 0.3 is 12.1 Å². The Morgan fingerprint density at radius 3 is 2.67 bits per heavy atom. The molecule has 0 saturated heterocycles. The summed E-state index contributed by atoms with van der Waals surface area (Å²) in [7, 11) is 1.40. The summed E-state index contributed by atoms with van der Waals surface area (Å²) in [5.41, 5.74) is 2.05. The number of aliphatic imine (C=N–C) groups is 1. The van der Waals surface area contributed by atoms with Crippen molar-refractivity contribution in [3.8, 4) is 0 Å². The number of nitrogens with zero attached hydrogens (tertiary/aromatic N) is 4. The van der Waals surface area contributed by atoms with Gasteiger partial charge in [-0.1, -0.05) is 29.4 Å². The van der Waals surface area contributed by atoms with Crippen LogP contribution in [0.25, 0.3) is 0 Å². The average molecular weight is 453 g/mol. The van der Waals surface area contributed by atoms with E-state index in [0.717, 1.165) is 22.0 Å². The summed E-state index contributed by atoms with van der Waals surface area (Å²) in [6.45, 7) is 1.79. The summed E-state index contributed by atoms with van der Waals surface area (Å²) in [6, 6.07) is 10.1. The highest BCUT2D eigenvalue weighted by Crippen LogP contribution is 2.34. The summed E-state index contributed by atoms with van der Waals surface area (Å²) in [4.78, 5) is 20.7. The van der Waals surface area contributed by atoms with Crippen molar-refractivity contribution < 1.29 is 22.7 Å². The Balaban J connectivity index is 1.61. The van der Waals surface area contributed by atoms with Gasteiger partial charge in [0.05, 0.1) is 21.8 Å². The van der Waals surface area contributed by atoms with Gasteiger partial charge in [0, 0.05) is 11.9 Å². The topological polar surface area (TPSA) is 69.4 Å². The second-order valence-corrected chi connectivity index (χ2v) is 7.81. The zero-order chi connectivity index (χ0) is 21.6. The standard InChI is InChI=1S/C19H12ClF3N4O2S/c1-9-8-10(30-18-25-17(19(21,22)23)26-27(18)2)6-7-13(9)24-15-11-4-3-5-12(20)14(11)16(28)29-15/h3-8H,1-2H3. The predicted octanol–water partition coefficient (Wildman–Crippen LogP) is 5.20. The number of hydrogen-bond acceptors (Lipinski definition) is 6. The average Bonchev–Trinajstić information content (AvgIpc) is 3.18. The Hall–Kier alpha value is -2.85. The van der Waals surface area contributed by atoms with E-state index in [1.54, 1.807) is 43.3 Å². The Morgan fingerprint density at radius 2 is 2.00 bits per heavy atom. The first-order valence-corrected chi connectivity index (χ1v) is 9.69. The molecule has 0 atom stereocenters. The fraction of sp³-hybridized carbons (Fsp3) is 0.158. The Morgan fingerprint density at radius 1 is 1.23 bits per heavy atom. The second-order valence-electron chi connectivity index (χ2n) is 6.36. The fourth-order valence-electron chi connectivity index (χ4n) is 2.80. The molecule has 0 spiro atoms. The second kappa shape index (κ2) is 7.44. The molecule has 0 saturated carbocycles. The van der Waals surface area contributed by atoms with Gasteiger partial charge in [-0.3, -0.25) is 0 Å². The third kappa shape index (κ3) is 3.80. The molecule has 0 N–H and O–H groups in total. The number of esters is 1. The first kappa shape index (κ1) is 20.4. The summed E-state index contributed by atoms with van der Waals surface area (Å²) >= 11 is 7.11. The van der Waals surface area contributed by atoms with Crippen LogP contribution in [0.1, 0.15) is 27.3 Å². The van der Waals surface area contributed by atoms with E-state index in [2.05, 4.69) is 15.1 Å². The number of hydrogen-bond donors (Lipinski definition) is 0. The van der Waals surface area contributed by atoms with Gasteiger partial charge in [-0.05, 0) is 42.8 Å². The van der Waals surface area contributed by atoms with E-state index < -0.39 is 18.0 Å². The van der Waals surface area contributed by atoms with Crippen LogP contribution >= 0.6 is 23.4 Å². The molecule has 4 rings (SSSR count). The summed E-state index contributed by atoms with van der Waals surface area (Å²) < 4.78 is 44.7. The number of halogens is 4. The first-order chi connectivity index (χ1) is 14.1. The highest BCUT2D eigenvalue weighted by Gasteiger charge is 2.37. The Labute approximate surface area is 177 Å². The van der Waals surface area contributed by atoms with Crippen LogP contribution in [0.5, 0.6) is 0 Å². The molecule has 3 aromatic rings. The van der Waals surface area contributed by atoms with Gasteiger partial charge in [0.1, 0.15) is 0 Å². The lowest BCUT2D eigenvalue weighted by Gasteiger charge is -2.06. The SMILES string of the molecule is Cc1cc(Sc2nc(C(F)(F)F)nn2C)ccc1N=C1OC(=O)c2c(Cl)cccc21. The van der Waals surface area contributed by atoms with Gasteiger partial charge in [0.15, 0.2) is 5.16 Å². The maximum Gasteiger partial charge on any atom is 0.453 e. The molecule has 1 aromatic heterocycles. The van der Waals surface area contributed by atoms with Crippen LogP contribution in [-0.2, 0) is 18.0 Å². The van der Waals surface area contributed by atoms with Crippen LogP contribution in [-0.4, -0.2) is 26.6 Å². The normalized spacial score (nSPS) is 14.9. The number of cyclic esters (lactones) is 1. The molecule has 6 nitrogen and oxygen atoms in total. The molecule has 1 aliphatic rings.